The van der Waals surface area contributed by atoms with E-state index in [9.17, 15) is 0 Å². The molecule has 0 unspecified atom stereocenters. The fourth-order valence-corrected chi connectivity index (χ4v) is 8.50. The van der Waals surface area contributed by atoms with Crippen LogP contribution in [0.1, 0.15) is 0 Å². The quantitative estimate of drug-likeness (QED) is 0.188. The largest absolute Gasteiger partial charge is 0.341 e. The van der Waals surface area contributed by atoms with Gasteiger partial charge >= 0.3 is 0 Å². The van der Waals surface area contributed by atoms with Crippen LogP contribution in [0, 0.1) is 0 Å². The van der Waals surface area contributed by atoms with Gasteiger partial charge in [0.25, 0.3) is 0 Å². The Hall–Kier alpha value is -6.72. The van der Waals surface area contributed by atoms with E-state index >= 15 is 0 Å². The molecule has 0 fully saturated rings. The maximum atomic E-state index is 2.44. The number of rotatable bonds is 4. The molecule has 0 radical (unpaired) electrons. The van der Waals surface area contributed by atoms with Crippen LogP contribution in [-0.4, -0.2) is 32.3 Å². The minimum atomic E-state index is 0.755. The molecule has 5 heteroatoms. The fourth-order valence-electron chi connectivity index (χ4n) is 8.50. The first kappa shape index (κ1) is 28.2. The standard InChI is InChI=1S/C46H33N5/c1-47-30-48(29-46(47)51-42-21-11-7-15-34(42)35-16-8-12-22-43(35)51)32-23-25-38-37-18-6-10-20-41(37)50(44(38)27-32)33-24-26-39-36-17-5-9-19-40(36)49(45(39)28-33)31-13-3-2-4-14-31/h2-29H,30H2,1H3. The van der Waals surface area contributed by atoms with Gasteiger partial charge in [0.2, 0.25) is 0 Å². The third-order valence-corrected chi connectivity index (χ3v) is 10.8. The van der Waals surface area contributed by atoms with E-state index in [-0.39, 0.29) is 0 Å². The molecule has 1 aliphatic rings. The van der Waals surface area contributed by atoms with Gasteiger partial charge in [-0.2, -0.15) is 0 Å². The second-order valence-corrected chi connectivity index (χ2v) is 13.6. The topological polar surface area (TPSA) is 21.3 Å². The van der Waals surface area contributed by atoms with Gasteiger partial charge in [-0.15, -0.1) is 0 Å². The molecule has 0 saturated heterocycles. The number of nitrogens with zero attached hydrogens (tertiary/aromatic N) is 5. The molecule has 10 aromatic rings. The monoisotopic (exact) mass is 655 g/mol. The van der Waals surface area contributed by atoms with Crippen LogP contribution in [0.4, 0.5) is 5.69 Å². The molecule has 1 aliphatic heterocycles. The molecule has 7 aromatic carbocycles. The van der Waals surface area contributed by atoms with Gasteiger partial charge in [0.15, 0.2) is 0 Å². The summed E-state index contributed by atoms with van der Waals surface area (Å²) in [5.74, 6) is 1.16. The molecule has 0 saturated carbocycles. The van der Waals surface area contributed by atoms with Gasteiger partial charge in [0.05, 0.1) is 39.8 Å². The SMILES string of the molecule is CN1CN(c2ccc3c4ccccc4n(-c4ccc5c6ccccc6n(-c6ccccc6)c5c4)c3c2)C=C1n1c2ccccc2c2ccccc21. The molecular weight excluding hydrogens is 623 g/mol. The Morgan fingerprint density at radius 2 is 0.765 bits per heavy atom. The van der Waals surface area contributed by atoms with Crippen molar-refractivity contribution in [3.63, 3.8) is 0 Å². The van der Waals surface area contributed by atoms with Gasteiger partial charge in [-0.3, -0.25) is 4.57 Å². The molecule has 0 amide bonds. The van der Waals surface area contributed by atoms with Gasteiger partial charge in [-0.05, 0) is 60.7 Å². The van der Waals surface area contributed by atoms with Crippen LogP contribution in [0.25, 0.3) is 82.6 Å². The van der Waals surface area contributed by atoms with Crippen molar-refractivity contribution in [3.05, 3.63) is 170 Å². The lowest BCUT2D eigenvalue weighted by atomic mass is 10.1. The van der Waals surface area contributed by atoms with Crippen LogP contribution in [0.3, 0.4) is 0 Å². The number of hydrogen-bond donors (Lipinski definition) is 0. The number of para-hydroxylation sites is 5. The predicted molar refractivity (Wildman–Crippen MR) is 214 cm³/mol. The van der Waals surface area contributed by atoms with Crippen molar-refractivity contribution in [2.45, 2.75) is 0 Å². The number of aromatic nitrogens is 3. The van der Waals surface area contributed by atoms with E-state index in [0.29, 0.717) is 0 Å². The molecular formula is C46H33N5. The molecule has 5 nitrogen and oxygen atoms in total. The summed E-state index contributed by atoms with van der Waals surface area (Å²) in [6, 6.07) is 59.5. The van der Waals surface area contributed by atoms with Gasteiger partial charge in [-0.25, -0.2) is 0 Å². The van der Waals surface area contributed by atoms with Crippen molar-refractivity contribution in [2.24, 2.45) is 0 Å². The van der Waals surface area contributed by atoms with Crippen molar-refractivity contribution >= 4 is 76.9 Å². The van der Waals surface area contributed by atoms with Crippen LogP contribution in [0.5, 0.6) is 0 Å². The third kappa shape index (κ3) is 4.03. The highest BCUT2D eigenvalue weighted by Gasteiger charge is 2.25. The second kappa shape index (κ2) is 10.6. The number of hydrogen-bond acceptors (Lipinski definition) is 2. The highest BCUT2D eigenvalue weighted by molar-refractivity contribution is 6.13. The highest BCUT2D eigenvalue weighted by Crippen LogP contribution is 2.40. The Labute approximate surface area is 294 Å². The first-order valence-corrected chi connectivity index (χ1v) is 17.5. The highest BCUT2D eigenvalue weighted by atomic mass is 15.4. The molecule has 0 bridgehead atoms. The predicted octanol–water partition coefficient (Wildman–Crippen LogP) is 11.2. The zero-order chi connectivity index (χ0) is 33.6. The van der Waals surface area contributed by atoms with Gasteiger partial charge in [-0.1, -0.05) is 103 Å². The van der Waals surface area contributed by atoms with Crippen LogP contribution in [-0.2, 0) is 0 Å². The molecule has 11 rings (SSSR count). The Balaban J connectivity index is 1.11. The Morgan fingerprint density at radius 1 is 0.353 bits per heavy atom. The second-order valence-electron chi connectivity index (χ2n) is 13.6. The lowest BCUT2D eigenvalue weighted by molar-refractivity contribution is 0.498. The first-order valence-electron chi connectivity index (χ1n) is 17.5. The summed E-state index contributed by atoms with van der Waals surface area (Å²) < 4.78 is 7.24. The minimum Gasteiger partial charge on any atom is -0.341 e. The zero-order valence-electron chi connectivity index (χ0n) is 28.1. The zero-order valence-corrected chi connectivity index (χ0v) is 28.1. The molecule has 4 heterocycles. The summed E-state index contributed by atoms with van der Waals surface area (Å²) in [7, 11) is 2.19. The first-order chi connectivity index (χ1) is 25.2. The van der Waals surface area contributed by atoms with E-state index in [1.165, 1.54) is 65.4 Å². The summed E-state index contributed by atoms with van der Waals surface area (Å²) >= 11 is 0. The summed E-state index contributed by atoms with van der Waals surface area (Å²) in [5, 5.41) is 7.56. The fraction of sp³-hybridized carbons (Fsp3) is 0.0435. The number of fused-ring (bicyclic) bond motifs is 9. The molecule has 0 N–H and O–H groups in total. The van der Waals surface area contributed by atoms with Gasteiger partial charge in [0, 0.05) is 62.6 Å². The smallest absolute Gasteiger partial charge is 0.131 e. The summed E-state index contributed by atoms with van der Waals surface area (Å²) in [6.45, 7) is 0.755. The number of anilines is 1. The van der Waals surface area contributed by atoms with Crippen LogP contribution in [0.15, 0.2) is 170 Å². The van der Waals surface area contributed by atoms with Crippen molar-refractivity contribution in [2.75, 3.05) is 18.6 Å². The van der Waals surface area contributed by atoms with Crippen LogP contribution in [0.2, 0.25) is 0 Å². The molecule has 242 valence electrons. The Morgan fingerprint density at radius 3 is 1.31 bits per heavy atom. The normalized spacial score (nSPS) is 13.5. The number of benzene rings is 7. The molecule has 0 aliphatic carbocycles. The summed E-state index contributed by atoms with van der Waals surface area (Å²) in [6.07, 6.45) is 2.30. The lowest BCUT2D eigenvalue weighted by Gasteiger charge is -2.20. The van der Waals surface area contributed by atoms with Crippen molar-refractivity contribution in [1.29, 1.82) is 0 Å². The van der Waals surface area contributed by atoms with Gasteiger partial charge in [0.1, 0.15) is 5.82 Å². The van der Waals surface area contributed by atoms with E-state index in [4.69, 9.17) is 0 Å². The Kier molecular flexibility index (Phi) is 5.87. The van der Waals surface area contributed by atoms with Crippen LogP contribution >= 0.6 is 0 Å². The van der Waals surface area contributed by atoms with E-state index in [1.807, 2.05) is 0 Å². The maximum absolute atomic E-state index is 2.44. The average molecular weight is 656 g/mol. The lowest BCUT2D eigenvalue weighted by Crippen LogP contribution is -2.24. The van der Waals surface area contributed by atoms with E-state index in [2.05, 4.69) is 201 Å². The molecule has 3 aromatic heterocycles. The minimum absolute atomic E-state index is 0.755. The molecule has 51 heavy (non-hydrogen) atoms. The molecule has 0 atom stereocenters. The van der Waals surface area contributed by atoms with E-state index in [0.717, 1.165) is 29.6 Å². The average Bonchev–Trinajstić information content (AvgIpc) is 3.92. The summed E-state index contributed by atoms with van der Waals surface area (Å²) in [5.41, 5.74) is 10.7. The van der Waals surface area contributed by atoms with Crippen molar-refractivity contribution < 1.29 is 0 Å². The molecule has 0 spiro atoms. The van der Waals surface area contributed by atoms with Crippen molar-refractivity contribution in [1.82, 2.24) is 18.6 Å². The van der Waals surface area contributed by atoms with E-state index < -0.39 is 0 Å². The summed E-state index contributed by atoms with van der Waals surface area (Å²) in [4.78, 5) is 4.71. The Bertz CT molecular complexity index is 2980. The third-order valence-electron chi connectivity index (χ3n) is 10.8. The van der Waals surface area contributed by atoms with Crippen LogP contribution < -0.4 is 4.90 Å². The maximum Gasteiger partial charge on any atom is 0.131 e. The van der Waals surface area contributed by atoms with Gasteiger partial charge < -0.3 is 18.9 Å². The van der Waals surface area contributed by atoms with E-state index in [1.54, 1.807) is 0 Å². The van der Waals surface area contributed by atoms with Crippen molar-refractivity contribution in [3.8, 4) is 11.4 Å².